The maximum absolute atomic E-state index is 5.71. The molecule has 0 radical (unpaired) electrons. The molecule has 1 aliphatic rings. The van der Waals surface area contributed by atoms with Crippen LogP contribution in [0.2, 0.25) is 0 Å². The second-order valence-corrected chi connectivity index (χ2v) is 7.52. The Hall–Kier alpha value is -1.81. The third kappa shape index (κ3) is 7.46. The Balaban J connectivity index is 0.00000320. The van der Waals surface area contributed by atoms with Crippen molar-refractivity contribution in [3.8, 4) is 5.88 Å². The number of rotatable bonds is 9. The first-order valence-electron chi connectivity index (χ1n) is 10.6. The van der Waals surface area contributed by atoms with E-state index in [0.29, 0.717) is 12.4 Å². The topological polar surface area (TPSA) is 74.9 Å². The van der Waals surface area contributed by atoms with Crippen LogP contribution in [0.4, 0.5) is 0 Å². The number of aliphatic imine (C=N–C) groups is 1. The summed E-state index contributed by atoms with van der Waals surface area (Å²) in [5, 5.41) is 6.81. The quantitative estimate of drug-likeness (QED) is 0.292. The van der Waals surface area contributed by atoms with Crippen LogP contribution < -0.4 is 15.4 Å². The highest BCUT2D eigenvalue weighted by Gasteiger charge is 2.25. The zero-order chi connectivity index (χ0) is 20.5. The number of guanidine groups is 1. The van der Waals surface area contributed by atoms with Gasteiger partial charge in [0.25, 0.3) is 0 Å². The van der Waals surface area contributed by atoms with Crippen LogP contribution in [-0.4, -0.2) is 48.1 Å². The highest BCUT2D eigenvalue weighted by Crippen LogP contribution is 2.24. The Morgan fingerprint density at radius 2 is 2.03 bits per heavy atom. The summed E-state index contributed by atoms with van der Waals surface area (Å²) in [5.41, 5.74) is 1.04. The van der Waals surface area contributed by atoms with Crippen LogP contribution in [-0.2, 0) is 6.54 Å². The van der Waals surface area contributed by atoms with Gasteiger partial charge in [0, 0.05) is 25.4 Å². The Morgan fingerprint density at radius 1 is 1.23 bits per heavy atom. The third-order valence-corrected chi connectivity index (χ3v) is 4.83. The van der Waals surface area contributed by atoms with Crippen LogP contribution in [0.25, 0.3) is 0 Å². The van der Waals surface area contributed by atoms with Crippen molar-refractivity contribution in [3.63, 3.8) is 0 Å². The van der Waals surface area contributed by atoms with Gasteiger partial charge in [0.2, 0.25) is 5.88 Å². The van der Waals surface area contributed by atoms with Gasteiger partial charge in [-0.3, -0.25) is 4.90 Å². The lowest BCUT2D eigenvalue weighted by molar-refractivity contribution is 0.215. The minimum atomic E-state index is 0. The molecule has 30 heavy (non-hydrogen) atoms. The molecule has 8 heteroatoms. The molecule has 2 aromatic rings. The van der Waals surface area contributed by atoms with E-state index in [1.807, 2.05) is 38.2 Å². The first kappa shape index (κ1) is 24.5. The highest BCUT2D eigenvalue weighted by molar-refractivity contribution is 14.0. The number of furan rings is 1. The lowest BCUT2D eigenvalue weighted by Crippen LogP contribution is -2.42. The van der Waals surface area contributed by atoms with E-state index >= 15 is 0 Å². The fourth-order valence-electron chi connectivity index (χ4n) is 3.46. The van der Waals surface area contributed by atoms with Gasteiger partial charge in [0.1, 0.15) is 5.76 Å². The predicted octanol–water partition coefficient (Wildman–Crippen LogP) is 3.97. The number of aromatic nitrogens is 1. The summed E-state index contributed by atoms with van der Waals surface area (Å²) >= 11 is 0. The number of likely N-dealkylation sites (tertiary alicyclic amines) is 1. The maximum atomic E-state index is 5.71. The Labute approximate surface area is 196 Å². The summed E-state index contributed by atoms with van der Waals surface area (Å²) in [6.07, 6.45) is 6.18. The lowest BCUT2D eigenvalue weighted by Gasteiger charge is -2.26. The fourth-order valence-corrected chi connectivity index (χ4v) is 3.46. The number of pyridine rings is 1. The smallest absolute Gasteiger partial charge is 0.213 e. The van der Waals surface area contributed by atoms with Crippen molar-refractivity contribution in [2.45, 2.75) is 52.3 Å². The summed E-state index contributed by atoms with van der Waals surface area (Å²) < 4.78 is 11.3. The summed E-state index contributed by atoms with van der Waals surface area (Å²) in [6, 6.07) is 8.13. The molecule has 1 saturated heterocycles. The molecule has 3 heterocycles. The van der Waals surface area contributed by atoms with Crippen LogP contribution in [0.3, 0.4) is 0 Å². The summed E-state index contributed by atoms with van der Waals surface area (Å²) in [7, 11) is 0. The number of ether oxygens (including phenoxy) is 1. The second kappa shape index (κ2) is 12.8. The van der Waals surface area contributed by atoms with Crippen LogP contribution in [0, 0.1) is 0 Å². The minimum Gasteiger partial charge on any atom is -0.475 e. The second-order valence-electron chi connectivity index (χ2n) is 7.52. The maximum Gasteiger partial charge on any atom is 0.213 e. The number of hydrogen-bond donors (Lipinski definition) is 2. The molecular weight excluding hydrogens is 493 g/mol. The fraction of sp³-hybridized carbons (Fsp3) is 0.545. The molecule has 1 fully saturated rings. The van der Waals surface area contributed by atoms with Crippen LogP contribution in [0.15, 0.2) is 46.1 Å². The standard InChI is InChI=1S/C22H33N5O2.HI/c1-4-23-22(25-15-18-9-10-21(24-14-18)29-17(2)3)26-16-19(20-8-7-13-28-20)27-11-5-6-12-27;/h7-10,13-14,17,19H,4-6,11-12,15-16H2,1-3H3,(H2,23,25,26);1H. The van der Waals surface area contributed by atoms with Gasteiger partial charge < -0.3 is 19.8 Å². The van der Waals surface area contributed by atoms with Gasteiger partial charge >= 0.3 is 0 Å². The van der Waals surface area contributed by atoms with E-state index in [2.05, 4.69) is 33.5 Å². The van der Waals surface area contributed by atoms with Crippen LogP contribution in [0.5, 0.6) is 5.88 Å². The first-order chi connectivity index (χ1) is 14.2. The van der Waals surface area contributed by atoms with E-state index in [1.54, 1.807) is 6.26 Å². The van der Waals surface area contributed by atoms with Crippen molar-refractivity contribution in [2.75, 3.05) is 26.2 Å². The van der Waals surface area contributed by atoms with Gasteiger partial charge in [-0.25, -0.2) is 9.98 Å². The molecule has 1 unspecified atom stereocenters. The zero-order valence-corrected chi connectivity index (χ0v) is 20.5. The van der Waals surface area contributed by atoms with Crippen LogP contribution in [0.1, 0.15) is 51.0 Å². The van der Waals surface area contributed by atoms with E-state index in [-0.39, 0.29) is 36.1 Å². The molecule has 0 saturated carbocycles. The lowest BCUT2D eigenvalue weighted by atomic mass is 10.2. The molecule has 0 aromatic carbocycles. The van der Waals surface area contributed by atoms with Crippen molar-refractivity contribution in [3.05, 3.63) is 48.0 Å². The van der Waals surface area contributed by atoms with E-state index in [4.69, 9.17) is 14.1 Å². The Morgan fingerprint density at radius 3 is 2.63 bits per heavy atom. The molecule has 2 aromatic heterocycles. The average molecular weight is 527 g/mol. The van der Waals surface area contributed by atoms with Gasteiger partial charge in [-0.15, -0.1) is 24.0 Å². The van der Waals surface area contributed by atoms with E-state index < -0.39 is 0 Å². The van der Waals surface area contributed by atoms with Gasteiger partial charge in [0.15, 0.2) is 5.96 Å². The molecule has 0 spiro atoms. The van der Waals surface area contributed by atoms with E-state index in [1.165, 1.54) is 12.8 Å². The third-order valence-electron chi connectivity index (χ3n) is 4.83. The number of nitrogens with zero attached hydrogens (tertiary/aromatic N) is 3. The zero-order valence-electron chi connectivity index (χ0n) is 18.1. The molecule has 0 amide bonds. The van der Waals surface area contributed by atoms with Crippen molar-refractivity contribution in [1.82, 2.24) is 20.5 Å². The Kier molecular flexibility index (Phi) is 10.4. The largest absolute Gasteiger partial charge is 0.475 e. The first-order valence-corrected chi connectivity index (χ1v) is 10.6. The van der Waals surface area contributed by atoms with Crippen molar-refractivity contribution < 1.29 is 9.15 Å². The summed E-state index contributed by atoms with van der Waals surface area (Å²) in [5.74, 6) is 2.44. The number of nitrogens with one attached hydrogen (secondary N) is 2. The normalized spacial score (nSPS) is 15.7. The van der Waals surface area contributed by atoms with Gasteiger partial charge in [0.05, 0.1) is 25.0 Å². The molecule has 3 rings (SSSR count). The van der Waals surface area contributed by atoms with Crippen molar-refractivity contribution in [1.29, 1.82) is 0 Å². The van der Waals surface area contributed by atoms with Crippen molar-refractivity contribution >= 4 is 29.9 Å². The highest BCUT2D eigenvalue weighted by atomic mass is 127. The molecule has 0 aliphatic carbocycles. The minimum absolute atomic E-state index is 0. The van der Waals surface area contributed by atoms with Crippen LogP contribution >= 0.6 is 24.0 Å². The molecule has 1 aliphatic heterocycles. The van der Waals surface area contributed by atoms with Gasteiger partial charge in [-0.05, 0) is 64.4 Å². The summed E-state index contributed by atoms with van der Waals surface area (Å²) in [6.45, 7) is 10.4. The monoisotopic (exact) mass is 527 g/mol. The summed E-state index contributed by atoms with van der Waals surface area (Å²) in [4.78, 5) is 11.5. The van der Waals surface area contributed by atoms with E-state index in [9.17, 15) is 0 Å². The molecule has 166 valence electrons. The molecule has 2 N–H and O–H groups in total. The molecule has 1 atom stereocenters. The van der Waals surface area contributed by atoms with E-state index in [0.717, 1.165) is 43.5 Å². The predicted molar refractivity (Wildman–Crippen MR) is 130 cm³/mol. The van der Waals surface area contributed by atoms with Gasteiger partial charge in [-0.2, -0.15) is 0 Å². The number of hydrogen-bond acceptors (Lipinski definition) is 5. The molecule has 0 bridgehead atoms. The number of halogens is 1. The van der Waals surface area contributed by atoms with Crippen molar-refractivity contribution in [2.24, 2.45) is 4.99 Å². The molecule has 7 nitrogen and oxygen atoms in total. The SMILES string of the molecule is CCNC(=NCc1ccc(OC(C)C)nc1)NCC(c1ccco1)N1CCCC1.I. The molecular formula is C22H34IN5O2. The Bertz CT molecular complexity index is 743. The van der Waals surface area contributed by atoms with Gasteiger partial charge in [-0.1, -0.05) is 6.07 Å². The average Bonchev–Trinajstić information content (AvgIpc) is 3.42.